The molecule has 3 aromatic heterocycles. The predicted molar refractivity (Wildman–Crippen MR) is 138 cm³/mol. The van der Waals surface area contributed by atoms with Crippen LogP contribution >= 0.6 is 22.9 Å². The Balaban J connectivity index is 1.59. The maximum atomic E-state index is 13.3. The maximum Gasteiger partial charge on any atom is 0.265 e. The first-order chi connectivity index (χ1) is 16.6. The summed E-state index contributed by atoms with van der Waals surface area (Å²) in [5.74, 6) is 0.349. The van der Waals surface area contributed by atoms with Crippen molar-refractivity contribution in [2.24, 2.45) is 4.99 Å². The molecule has 6 nitrogen and oxygen atoms in total. The molecular weight excluding hydrogens is 468 g/mol. The molecule has 34 heavy (non-hydrogen) atoms. The molecule has 2 aromatic carbocycles. The number of halogens is 1. The molecule has 8 heteroatoms. The SMILES string of the molecule is O=c1c2ccccc2c(/C=N/c2ncnc3sc4c(c23)CCCC4)c(O)n1-c1ccccc1Cl. The molecule has 168 valence electrons. The fourth-order valence-corrected chi connectivity index (χ4v) is 6.09. The zero-order chi connectivity index (χ0) is 23.2. The molecule has 1 N–H and O–H groups in total. The number of aryl methyl sites for hydroxylation is 2. The van der Waals surface area contributed by atoms with Crippen LogP contribution in [0.5, 0.6) is 5.88 Å². The Hall–Kier alpha value is -3.55. The molecule has 1 aliphatic rings. The summed E-state index contributed by atoms with van der Waals surface area (Å²) in [6.45, 7) is 0. The van der Waals surface area contributed by atoms with E-state index in [0.717, 1.165) is 29.5 Å². The van der Waals surface area contributed by atoms with Crippen LogP contribution in [-0.2, 0) is 12.8 Å². The van der Waals surface area contributed by atoms with Crippen molar-refractivity contribution in [1.82, 2.24) is 14.5 Å². The van der Waals surface area contributed by atoms with Gasteiger partial charge in [-0.25, -0.2) is 19.5 Å². The zero-order valence-electron chi connectivity index (χ0n) is 18.0. The van der Waals surface area contributed by atoms with Crippen molar-refractivity contribution in [3.63, 3.8) is 0 Å². The largest absolute Gasteiger partial charge is 0.494 e. The third-order valence-corrected chi connectivity index (χ3v) is 7.76. The van der Waals surface area contributed by atoms with Crippen molar-refractivity contribution in [3.8, 4) is 11.6 Å². The van der Waals surface area contributed by atoms with E-state index in [1.54, 1.807) is 60.0 Å². The first kappa shape index (κ1) is 21.0. The Morgan fingerprint density at radius 1 is 1.03 bits per heavy atom. The van der Waals surface area contributed by atoms with Crippen LogP contribution in [0, 0.1) is 0 Å². The number of nitrogens with zero attached hydrogens (tertiary/aromatic N) is 4. The van der Waals surface area contributed by atoms with Crippen LogP contribution < -0.4 is 5.56 Å². The van der Waals surface area contributed by atoms with Gasteiger partial charge in [0.05, 0.1) is 21.7 Å². The molecule has 5 aromatic rings. The third kappa shape index (κ3) is 3.31. The second-order valence-electron chi connectivity index (χ2n) is 8.22. The summed E-state index contributed by atoms with van der Waals surface area (Å²) in [6.07, 6.45) is 7.50. The zero-order valence-corrected chi connectivity index (χ0v) is 19.6. The molecule has 0 spiro atoms. The Bertz CT molecular complexity index is 1670. The Labute approximate surface area is 203 Å². The standard InChI is InChI=1S/C26H19ClN4O2S/c27-19-10-4-5-11-20(19)31-25(32)16-8-2-1-7-15(16)18(26(31)33)13-28-23-22-17-9-3-6-12-21(17)34-24(22)30-14-29-23/h1-2,4-5,7-8,10-11,13-14,33H,3,6,9,12H2/b28-13+. The van der Waals surface area contributed by atoms with E-state index in [1.807, 2.05) is 6.07 Å². The molecule has 0 radical (unpaired) electrons. The van der Waals surface area contributed by atoms with Gasteiger partial charge in [-0.3, -0.25) is 4.79 Å². The summed E-state index contributed by atoms with van der Waals surface area (Å²) in [5.41, 5.74) is 1.76. The van der Waals surface area contributed by atoms with Crippen LogP contribution in [0.15, 0.2) is 64.6 Å². The highest BCUT2D eigenvalue weighted by Crippen LogP contribution is 2.39. The van der Waals surface area contributed by atoms with Crippen molar-refractivity contribution in [2.45, 2.75) is 25.7 Å². The van der Waals surface area contributed by atoms with Crippen molar-refractivity contribution >= 4 is 56.0 Å². The topological polar surface area (TPSA) is 80.4 Å². The van der Waals surface area contributed by atoms with E-state index in [2.05, 4.69) is 9.97 Å². The summed E-state index contributed by atoms with van der Waals surface area (Å²) in [7, 11) is 0. The summed E-state index contributed by atoms with van der Waals surface area (Å²) < 4.78 is 1.23. The number of aliphatic imine (C=N–C) groups is 1. The first-order valence-corrected chi connectivity index (χ1v) is 12.2. The van der Waals surface area contributed by atoms with E-state index < -0.39 is 0 Å². The molecule has 0 saturated heterocycles. The van der Waals surface area contributed by atoms with Gasteiger partial charge in [0.1, 0.15) is 11.2 Å². The average Bonchev–Trinajstić information content (AvgIpc) is 3.24. The van der Waals surface area contributed by atoms with E-state index in [9.17, 15) is 9.90 Å². The van der Waals surface area contributed by atoms with Gasteiger partial charge < -0.3 is 5.11 Å². The summed E-state index contributed by atoms with van der Waals surface area (Å²) in [5, 5.41) is 13.7. The van der Waals surface area contributed by atoms with Gasteiger partial charge in [0.2, 0.25) is 5.88 Å². The van der Waals surface area contributed by atoms with Crippen LogP contribution in [0.1, 0.15) is 28.8 Å². The first-order valence-electron chi connectivity index (χ1n) is 11.0. The quantitative estimate of drug-likeness (QED) is 0.318. The number of para-hydroxylation sites is 1. The number of aromatic hydroxyl groups is 1. The van der Waals surface area contributed by atoms with Gasteiger partial charge in [0.15, 0.2) is 5.82 Å². The molecule has 0 unspecified atom stereocenters. The fraction of sp³-hybridized carbons (Fsp3) is 0.154. The van der Waals surface area contributed by atoms with Crippen LogP contribution in [0.3, 0.4) is 0 Å². The van der Waals surface area contributed by atoms with E-state index in [0.29, 0.717) is 32.9 Å². The lowest BCUT2D eigenvalue weighted by atomic mass is 9.97. The highest BCUT2D eigenvalue weighted by Gasteiger charge is 2.21. The molecule has 0 fully saturated rings. The molecule has 0 saturated carbocycles. The second kappa shape index (κ2) is 8.34. The van der Waals surface area contributed by atoms with Gasteiger partial charge >= 0.3 is 0 Å². The number of benzene rings is 2. The minimum absolute atomic E-state index is 0.224. The van der Waals surface area contributed by atoms with Crippen LogP contribution in [-0.4, -0.2) is 25.9 Å². The van der Waals surface area contributed by atoms with E-state index in [-0.39, 0.29) is 11.4 Å². The number of rotatable bonds is 3. The van der Waals surface area contributed by atoms with E-state index >= 15 is 0 Å². The number of pyridine rings is 1. The van der Waals surface area contributed by atoms with Crippen molar-refractivity contribution in [1.29, 1.82) is 0 Å². The highest BCUT2D eigenvalue weighted by molar-refractivity contribution is 7.19. The van der Waals surface area contributed by atoms with Crippen LogP contribution in [0.25, 0.3) is 26.7 Å². The molecule has 3 heterocycles. The van der Waals surface area contributed by atoms with Gasteiger partial charge in [-0.2, -0.15) is 0 Å². The Morgan fingerprint density at radius 3 is 2.65 bits per heavy atom. The van der Waals surface area contributed by atoms with E-state index in [1.165, 1.54) is 27.8 Å². The summed E-state index contributed by atoms with van der Waals surface area (Å²) in [4.78, 5) is 29.2. The normalized spacial score (nSPS) is 13.7. The number of fused-ring (bicyclic) bond motifs is 4. The number of hydrogen-bond acceptors (Lipinski definition) is 6. The molecule has 0 atom stereocenters. The number of hydrogen-bond donors (Lipinski definition) is 1. The van der Waals surface area contributed by atoms with Crippen LogP contribution in [0.4, 0.5) is 5.82 Å². The Kier molecular flexibility index (Phi) is 5.16. The van der Waals surface area contributed by atoms with Crippen molar-refractivity contribution in [3.05, 3.63) is 86.2 Å². The van der Waals surface area contributed by atoms with Gasteiger partial charge in [-0.15, -0.1) is 11.3 Å². The highest BCUT2D eigenvalue weighted by atomic mass is 35.5. The van der Waals surface area contributed by atoms with Gasteiger partial charge in [0, 0.05) is 21.9 Å². The Morgan fingerprint density at radius 2 is 1.79 bits per heavy atom. The van der Waals surface area contributed by atoms with Gasteiger partial charge in [0.25, 0.3) is 5.56 Å². The lowest BCUT2D eigenvalue weighted by molar-refractivity contribution is 0.436. The van der Waals surface area contributed by atoms with E-state index in [4.69, 9.17) is 16.6 Å². The van der Waals surface area contributed by atoms with Gasteiger partial charge in [-0.1, -0.05) is 41.9 Å². The maximum absolute atomic E-state index is 13.3. The molecule has 0 aliphatic heterocycles. The third-order valence-electron chi connectivity index (χ3n) is 6.24. The predicted octanol–water partition coefficient (Wildman–Crippen LogP) is 5.98. The molecule has 6 rings (SSSR count). The lowest BCUT2D eigenvalue weighted by Crippen LogP contribution is -2.20. The lowest BCUT2D eigenvalue weighted by Gasteiger charge is -2.14. The minimum atomic E-state index is -0.352. The molecule has 0 bridgehead atoms. The van der Waals surface area contributed by atoms with Crippen molar-refractivity contribution in [2.75, 3.05) is 0 Å². The summed E-state index contributed by atoms with van der Waals surface area (Å²) in [6, 6.07) is 14.1. The fourth-order valence-electron chi connectivity index (χ4n) is 4.64. The molecule has 1 aliphatic carbocycles. The smallest absolute Gasteiger partial charge is 0.265 e. The van der Waals surface area contributed by atoms with Crippen LogP contribution in [0.2, 0.25) is 5.02 Å². The van der Waals surface area contributed by atoms with Gasteiger partial charge in [-0.05, 0) is 49.4 Å². The number of aromatic nitrogens is 3. The number of thiophene rings is 1. The second-order valence-corrected chi connectivity index (χ2v) is 9.71. The monoisotopic (exact) mass is 486 g/mol. The minimum Gasteiger partial charge on any atom is -0.494 e. The average molecular weight is 487 g/mol. The summed E-state index contributed by atoms with van der Waals surface area (Å²) >= 11 is 8.09. The molecular formula is C26H19ClN4O2S. The molecule has 0 amide bonds. The van der Waals surface area contributed by atoms with Crippen molar-refractivity contribution < 1.29 is 5.11 Å².